The summed E-state index contributed by atoms with van der Waals surface area (Å²) in [4.78, 5) is 11.1. The highest BCUT2D eigenvalue weighted by Gasteiger charge is 2.15. The van der Waals surface area contributed by atoms with Gasteiger partial charge in [0.25, 0.3) is 0 Å². The quantitative estimate of drug-likeness (QED) is 0.904. The summed E-state index contributed by atoms with van der Waals surface area (Å²) in [5, 5.41) is 3.93. The summed E-state index contributed by atoms with van der Waals surface area (Å²) in [5.74, 6) is -0.997. The van der Waals surface area contributed by atoms with Crippen LogP contribution >= 0.6 is 0 Å². The van der Waals surface area contributed by atoms with Gasteiger partial charge in [0.05, 0.1) is 5.71 Å². The van der Waals surface area contributed by atoms with Gasteiger partial charge in [0, 0.05) is 24.0 Å². The van der Waals surface area contributed by atoms with Gasteiger partial charge in [0.1, 0.15) is 11.6 Å². The second-order valence-electron chi connectivity index (χ2n) is 4.80. The van der Waals surface area contributed by atoms with E-state index in [1.807, 2.05) is 0 Å². The van der Waals surface area contributed by atoms with Crippen LogP contribution in [0.15, 0.2) is 47.6 Å². The first-order valence-electron chi connectivity index (χ1n) is 6.55. The maximum Gasteiger partial charge on any atom is 0.240 e. The molecule has 1 aliphatic heterocycles. The molecule has 0 fully saturated rings. The van der Waals surface area contributed by atoms with Crippen LogP contribution in [-0.4, -0.2) is 11.6 Å². The monoisotopic (exact) mass is 286 g/mol. The zero-order chi connectivity index (χ0) is 14.8. The van der Waals surface area contributed by atoms with Crippen molar-refractivity contribution < 1.29 is 13.6 Å². The summed E-state index contributed by atoms with van der Waals surface area (Å²) >= 11 is 0. The SMILES string of the molecule is O=C1CCC(c2ccc(-c3cccc(F)c3)c(F)c2)=NN1. The number of hydrogen-bond acceptors (Lipinski definition) is 2. The van der Waals surface area contributed by atoms with Crippen LogP contribution in [0.3, 0.4) is 0 Å². The number of carbonyl (C=O) groups is 1. The maximum atomic E-state index is 14.2. The third kappa shape index (κ3) is 2.81. The molecule has 0 bridgehead atoms. The van der Waals surface area contributed by atoms with E-state index in [0.717, 1.165) is 0 Å². The molecule has 3 nitrogen and oxygen atoms in total. The van der Waals surface area contributed by atoms with Crippen molar-refractivity contribution in [1.82, 2.24) is 5.43 Å². The van der Waals surface area contributed by atoms with Crippen molar-refractivity contribution in [3.63, 3.8) is 0 Å². The Morgan fingerprint density at radius 1 is 1.00 bits per heavy atom. The van der Waals surface area contributed by atoms with Crippen molar-refractivity contribution in [3.05, 3.63) is 59.7 Å². The Morgan fingerprint density at radius 3 is 2.52 bits per heavy atom. The molecule has 0 aromatic heterocycles. The molecule has 0 radical (unpaired) electrons. The van der Waals surface area contributed by atoms with Gasteiger partial charge in [0.15, 0.2) is 0 Å². The molecule has 106 valence electrons. The first-order valence-corrected chi connectivity index (χ1v) is 6.55. The van der Waals surface area contributed by atoms with Crippen molar-refractivity contribution in [2.75, 3.05) is 0 Å². The molecule has 0 aliphatic carbocycles. The highest BCUT2D eigenvalue weighted by molar-refractivity contribution is 6.04. The van der Waals surface area contributed by atoms with Gasteiger partial charge in [-0.1, -0.05) is 24.3 Å². The number of hydrogen-bond donors (Lipinski definition) is 1. The van der Waals surface area contributed by atoms with Gasteiger partial charge in [-0.25, -0.2) is 14.2 Å². The van der Waals surface area contributed by atoms with E-state index in [2.05, 4.69) is 10.5 Å². The Kier molecular flexibility index (Phi) is 3.48. The van der Waals surface area contributed by atoms with Crippen LogP contribution in [0.5, 0.6) is 0 Å². The summed E-state index contributed by atoms with van der Waals surface area (Å²) in [6.45, 7) is 0. The summed E-state index contributed by atoms with van der Waals surface area (Å²) in [7, 11) is 0. The predicted octanol–water partition coefficient (Wildman–Crippen LogP) is 3.25. The average Bonchev–Trinajstić information content (AvgIpc) is 2.48. The van der Waals surface area contributed by atoms with Crippen LogP contribution in [0.4, 0.5) is 8.78 Å². The molecule has 3 rings (SSSR count). The van der Waals surface area contributed by atoms with E-state index in [4.69, 9.17) is 0 Å². The zero-order valence-corrected chi connectivity index (χ0v) is 11.1. The minimum Gasteiger partial charge on any atom is -0.273 e. The van der Waals surface area contributed by atoms with Crippen molar-refractivity contribution in [2.45, 2.75) is 12.8 Å². The number of nitrogens with zero attached hydrogens (tertiary/aromatic N) is 1. The molecular weight excluding hydrogens is 274 g/mol. The molecule has 1 aliphatic rings. The fourth-order valence-corrected chi connectivity index (χ4v) is 2.27. The Labute approximate surface area is 120 Å². The number of rotatable bonds is 2. The molecule has 1 N–H and O–H groups in total. The van der Waals surface area contributed by atoms with Crippen LogP contribution in [0.1, 0.15) is 18.4 Å². The first kappa shape index (κ1) is 13.4. The van der Waals surface area contributed by atoms with Gasteiger partial charge in [0.2, 0.25) is 5.91 Å². The zero-order valence-electron chi connectivity index (χ0n) is 11.1. The number of amides is 1. The molecule has 1 amide bonds. The van der Waals surface area contributed by atoms with Crippen LogP contribution in [0.25, 0.3) is 11.1 Å². The molecule has 2 aromatic rings. The van der Waals surface area contributed by atoms with Gasteiger partial charge in [-0.15, -0.1) is 0 Å². The third-order valence-electron chi connectivity index (χ3n) is 3.34. The van der Waals surface area contributed by atoms with Gasteiger partial charge in [-0.05, 0) is 23.8 Å². The van der Waals surface area contributed by atoms with E-state index in [-0.39, 0.29) is 5.91 Å². The highest BCUT2D eigenvalue weighted by atomic mass is 19.1. The van der Waals surface area contributed by atoms with Crippen molar-refractivity contribution in [1.29, 1.82) is 0 Å². The first-order chi connectivity index (χ1) is 10.1. The van der Waals surface area contributed by atoms with Crippen LogP contribution in [-0.2, 0) is 4.79 Å². The standard InChI is InChI=1S/C16H12F2N2O/c17-12-3-1-2-10(8-12)13-5-4-11(9-14(13)18)15-6-7-16(21)20-19-15/h1-5,8-9H,6-7H2,(H,20,21). The lowest BCUT2D eigenvalue weighted by molar-refractivity contribution is -0.121. The largest absolute Gasteiger partial charge is 0.273 e. The summed E-state index contributed by atoms with van der Waals surface area (Å²) in [6, 6.07) is 10.5. The Balaban J connectivity index is 1.95. The summed E-state index contributed by atoms with van der Waals surface area (Å²) < 4.78 is 27.4. The number of carbonyl (C=O) groups excluding carboxylic acids is 1. The minimum absolute atomic E-state index is 0.143. The number of hydrazone groups is 1. The second-order valence-corrected chi connectivity index (χ2v) is 4.80. The Bertz CT molecular complexity index is 741. The molecule has 0 atom stereocenters. The highest BCUT2D eigenvalue weighted by Crippen LogP contribution is 2.25. The number of benzene rings is 2. The van der Waals surface area contributed by atoms with E-state index in [1.54, 1.807) is 24.3 Å². The molecule has 0 spiro atoms. The van der Waals surface area contributed by atoms with Crippen molar-refractivity contribution in [3.8, 4) is 11.1 Å². The molecule has 0 saturated carbocycles. The predicted molar refractivity (Wildman–Crippen MR) is 75.7 cm³/mol. The maximum absolute atomic E-state index is 14.2. The number of halogens is 2. The molecule has 1 heterocycles. The third-order valence-corrected chi connectivity index (χ3v) is 3.34. The van der Waals surface area contributed by atoms with Gasteiger partial charge in [-0.3, -0.25) is 4.79 Å². The van der Waals surface area contributed by atoms with Gasteiger partial charge < -0.3 is 0 Å². The normalized spacial score (nSPS) is 14.6. The molecule has 0 saturated heterocycles. The van der Waals surface area contributed by atoms with E-state index in [1.165, 1.54) is 18.2 Å². The fourth-order valence-electron chi connectivity index (χ4n) is 2.27. The molecule has 0 unspecified atom stereocenters. The van der Waals surface area contributed by atoms with E-state index >= 15 is 0 Å². The van der Waals surface area contributed by atoms with Crippen LogP contribution in [0.2, 0.25) is 0 Å². The Hall–Kier alpha value is -2.56. The number of nitrogens with one attached hydrogen (secondary N) is 1. The smallest absolute Gasteiger partial charge is 0.240 e. The van der Waals surface area contributed by atoms with Gasteiger partial charge >= 0.3 is 0 Å². The van der Waals surface area contributed by atoms with E-state index in [0.29, 0.717) is 35.2 Å². The summed E-state index contributed by atoms with van der Waals surface area (Å²) in [5.41, 5.74) is 4.45. The average molecular weight is 286 g/mol. The van der Waals surface area contributed by atoms with E-state index < -0.39 is 11.6 Å². The topological polar surface area (TPSA) is 41.5 Å². The van der Waals surface area contributed by atoms with Crippen LogP contribution < -0.4 is 5.43 Å². The molecule has 2 aromatic carbocycles. The molecular formula is C16H12F2N2O. The second kappa shape index (κ2) is 5.44. The molecule has 5 heteroatoms. The van der Waals surface area contributed by atoms with Crippen LogP contribution in [0, 0.1) is 11.6 Å². The van der Waals surface area contributed by atoms with Crippen molar-refractivity contribution >= 4 is 11.6 Å². The summed E-state index contributed by atoms with van der Waals surface area (Å²) in [6.07, 6.45) is 0.816. The lowest BCUT2D eigenvalue weighted by Crippen LogP contribution is -2.25. The van der Waals surface area contributed by atoms with E-state index in [9.17, 15) is 13.6 Å². The Morgan fingerprint density at radius 2 is 1.86 bits per heavy atom. The molecule has 21 heavy (non-hydrogen) atoms. The fraction of sp³-hybridized carbons (Fsp3) is 0.125. The lowest BCUT2D eigenvalue weighted by Gasteiger charge is -2.13. The van der Waals surface area contributed by atoms with Crippen molar-refractivity contribution in [2.24, 2.45) is 5.10 Å². The minimum atomic E-state index is -0.447. The van der Waals surface area contributed by atoms with Gasteiger partial charge in [-0.2, -0.15) is 5.10 Å². The lowest BCUT2D eigenvalue weighted by atomic mass is 9.99.